The van der Waals surface area contributed by atoms with Crippen molar-refractivity contribution in [1.29, 1.82) is 0 Å². The minimum atomic E-state index is -0.289. The molecule has 20 heavy (non-hydrogen) atoms. The first-order valence-electron chi connectivity index (χ1n) is 6.53. The minimum Gasteiger partial charge on any atom is -0.395 e. The zero-order chi connectivity index (χ0) is 14.5. The maximum atomic E-state index is 12.2. The molecule has 4 N–H and O–H groups in total. The van der Waals surface area contributed by atoms with E-state index in [0.717, 1.165) is 22.0 Å². The molecule has 5 nitrogen and oxygen atoms in total. The predicted octanol–water partition coefficient (Wildman–Crippen LogP) is 2.92. The molecule has 0 aliphatic carbocycles. The van der Waals surface area contributed by atoms with Gasteiger partial charge in [-0.1, -0.05) is 26.0 Å². The van der Waals surface area contributed by atoms with Crippen LogP contribution in [0.5, 0.6) is 0 Å². The van der Waals surface area contributed by atoms with Gasteiger partial charge in [-0.05, 0) is 24.3 Å². The number of anilines is 2. The fourth-order valence-electron chi connectivity index (χ4n) is 1.86. The average molecular weight is 290 g/mol. The summed E-state index contributed by atoms with van der Waals surface area (Å²) in [4.78, 5) is 13.3. The number of nitrogens with zero attached hydrogens (tertiary/aromatic N) is 1. The molecule has 0 spiro atoms. The third kappa shape index (κ3) is 2.96. The predicted molar refractivity (Wildman–Crippen MR) is 83.2 cm³/mol. The van der Waals surface area contributed by atoms with E-state index in [-0.39, 0.29) is 11.6 Å². The largest absolute Gasteiger partial charge is 0.395 e. The summed E-state index contributed by atoms with van der Waals surface area (Å²) in [6, 6.07) is 7.70. The molecule has 0 bridgehead atoms. The second-order valence-electron chi connectivity index (χ2n) is 4.20. The number of aromatic nitrogens is 2. The quantitative estimate of drug-likeness (QED) is 0.739. The maximum absolute atomic E-state index is 12.2. The summed E-state index contributed by atoms with van der Waals surface area (Å²) < 4.78 is 0. The number of para-hydroxylation sites is 1. The molecule has 1 aromatic carbocycles. The van der Waals surface area contributed by atoms with Gasteiger partial charge in [-0.25, -0.2) is 0 Å². The molecule has 1 amide bonds. The van der Waals surface area contributed by atoms with E-state index < -0.39 is 0 Å². The van der Waals surface area contributed by atoms with Crippen molar-refractivity contribution in [1.82, 2.24) is 10.2 Å². The highest BCUT2D eigenvalue weighted by Crippen LogP contribution is 2.27. The number of aryl methyl sites for hydroxylation is 1. The molecule has 0 fully saturated rings. The molecule has 0 radical (unpaired) electrons. The van der Waals surface area contributed by atoms with E-state index in [1.165, 1.54) is 0 Å². The lowest BCUT2D eigenvalue weighted by molar-refractivity contribution is 0.102. The number of nitrogen functional groups attached to an aromatic ring is 1. The van der Waals surface area contributed by atoms with Gasteiger partial charge in [0.15, 0.2) is 5.69 Å². The van der Waals surface area contributed by atoms with E-state index in [2.05, 4.69) is 22.4 Å². The standard InChI is InChI=1S/C14H18N4OS/c1-3-9-12(15)13(18-17-9)14(19)16-10-7-5-6-8-11(10)20-4-2/h5-8H,3-4,15H2,1-2H3,(H,16,19)(H,17,18). The molecular formula is C14H18N4OS. The number of benzene rings is 1. The van der Waals surface area contributed by atoms with Crippen LogP contribution in [-0.4, -0.2) is 21.9 Å². The van der Waals surface area contributed by atoms with Gasteiger partial charge in [0.1, 0.15) is 0 Å². The molecule has 0 saturated carbocycles. The zero-order valence-electron chi connectivity index (χ0n) is 11.6. The van der Waals surface area contributed by atoms with E-state index in [0.29, 0.717) is 12.1 Å². The number of nitrogens with one attached hydrogen (secondary N) is 2. The van der Waals surface area contributed by atoms with Gasteiger partial charge in [0.05, 0.1) is 17.1 Å². The number of thioether (sulfide) groups is 1. The molecular weight excluding hydrogens is 272 g/mol. The van der Waals surface area contributed by atoms with E-state index in [1.807, 2.05) is 31.2 Å². The van der Waals surface area contributed by atoms with E-state index in [9.17, 15) is 4.79 Å². The van der Waals surface area contributed by atoms with Gasteiger partial charge in [0, 0.05) is 4.90 Å². The lowest BCUT2D eigenvalue weighted by Gasteiger charge is -2.09. The topological polar surface area (TPSA) is 83.8 Å². The number of carbonyl (C=O) groups is 1. The van der Waals surface area contributed by atoms with Crippen LogP contribution in [0, 0.1) is 0 Å². The Balaban J connectivity index is 2.21. The van der Waals surface area contributed by atoms with E-state index in [4.69, 9.17) is 5.73 Å². The zero-order valence-corrected chi connectivity index (χ0v) is 12.4. The van der Waals surface area contributed by atoms with Crippen LogP contribution in [0.25, 0.3) is 0 Å². The molecule has 0 aliphatic heterocycles. The third-order valence-electron chi connectivity index (χ3n) is 2.89. The van der Waals surface area contributed by atoms with Gasteiger partial charge in [0.25, 0.3) is 5.91 Å². The monoisotopic (exact) mass is 290 g/mol. The summed E-state index contributed by atoms with van der Waals surface area (Å²) in [6.45, 7) is 4.03. The van der Waals surface area contributed by atoms with Crippen molar-refractivity contribution in [2.45, 2.75) is 25.2 Å². The van der Waals surface area contributed by atoms with E-state index in [1.54, 1.807) is 11.8 Å². The van der Waals surface area contributed by atoms with Crippen molar-refractivity contribution < 1.29 is 4.79 Å². The first-order valence-corrected chi connectivity index (χ1v) is 7.51. The van der Waals surface area contributed by atoms with Crippen LogP contribution in [0.2, 0.25) is 0 Å². The van der Waals surface area contributed by atoms with E-state index >= 15 is 0 Å². The van der Waals surface area contributed by atoms with Crippen molar-refractivity contribution in [2.75, 3.05) is 16.8 Å². The highest BCUT2D eigenvalue weighted by atomic mass is 32.2. The number of hydrogen-bond acceptors (Lipinski definition) is 4. The summed E-state index contributed by atoms with van der Waals surface area (Å²) in [6.07, 6.45) is 0.717. The first-order chi connectivity index (χ1) is 9.67. The molecule has 2 rings (SSSR count). The minimum absolute atomic E-state index is 0.248. The highest BCUT2D eigenvalue weighted by Gasteiger charge is 2.17. The molecule has 0 atom stereocenters. The highest BCUT2D eigenvalue weighted by molar-refractivity contribution is 7.99. The van der Waals surface area contributed by atoms with Crippen molar-refractivity contribution in [3.8, 4) is 0 Å². The summed E-state index contributed by atoms with van der Waals surface area (Å²) in [5, 5.41) is 9.65. The second kappa shape index (κ2) is 6.47. The second-order valence-corrected chi connectivity index (χ2v) is 5.51. The van der Waals surface area contributed by atoms with Gasteiger partial charge < -0.3 is 11.1 Å². The smallest absolute Gasteiger partial charge is 0.278 e. The molecule has 6 heteroatoms. The van der Waals surface area contributed by atoms with Crippen LogP contribution in [0.15, 0.2) is 29.2 Å². The summed E-state index contributed by atoms with van der Waals surface area (Å²) in [5.41, 5.74) is 8.14. The van der Waals surface area contributed by atoms with Gasteiger partial charge in [-0.3, -0.25) is 9.89 Å². The van der Waals surface area contributed by atoms with Crippen molar-refractivity contribution >= 4 is 29.0 Å². The fraction of sp³-hybridized carbons (Fsp3) is 0.286. The SMILES string of the molecule is CCSc1ccccc1NC(=O)c1n[nH]c(CC)c1N. The summed E-state index contributed by atoms with van der Waals surface area (Å²) in [7, 11) is 0. The van der Waals surface area contributed by atoms with Crippen molar-refractivity contribution in [3.63, 3.8) is 0 Å². The Morgan fingerprint density at radius 1 is 1.40 bits per heavy atom. The van der Waals surface area contributed by atoms with Crippen LogP contribution >= 0.6 is 11.8 Å². The van der Waals surface area contributed by atoms with Gasteiger partial charge in [-0.15, -0.1) is 11.8 Å². The molecule has 2 aromatic rings. The van der Waals surface area contributed by atoms with Gasteiger partial charge >= 0.3 is 0 Å². The Kier molecular flexibility index (Phi) is 4.68. The third-order valence-corrected chi connectivity index (χ3v) is 3.84. The van der Waals surface area contributed by atoms with Crippen LogP contribution in [0.4, 0.5) is 11.4 Å². The molecule has 0 saturated heterocycles. The molecule has 1 heterocycles. The lowest BCUT2D eigenvalue weighted by Crippen LogP contribution is -2.15. The maximum Gasteiger partial charge on any atom is 0.278 e. The molecule has 0 aliphatic rings. The van der Waals surface area contributed by atoms with Crippen LogP contribution in [0.1, 0.15) is 30.0 Å². The summed E-state index contributed by atoms with van der Waals surface area (Å²) in [5.74, 6) is 0.653. The fourth-order valence-corrected chi connectivity index (χ4v) is 2.62. The Hall–Kier alpha value is -1.95. The Morgan fingerprint density at radius 2 is 2.15 bits per heavy atom. The van der Waals surface area contributed by atoms with Gasteiger partial charge in [-0.2, -0.15) is 5.10 Å². The summed E-state index contributed by atoms with van der Waals surface area (Å²) >= 11 is 1.68. The number of rotatable bonds is 5. The number of aromatic amines is 1. The molecule has 1 aromatic heterocycles. The number of nitrogens with two attached hydrogens (primary N) is 1. The van der Waals surface area contributed by atoms with Crippen molar-refractivity contribution in [3.05, 3.63) is 35.7 Å². The van der Waals surface area contributed by atoms with Crippen LogP contribution in [0.3, 0.4) is 0 Å². The molecule has 0 unspecified atom stereocenters. The number of hydrogen-bond donors (Lipinski definition) is 3. The van der Waals surface area contributed by atoms with Crippen LogP contribution in [-0.2, 0) is 6.42 Å². The molecule has 106 valence electrons. The number of carbonyl (C=O) groups excluding carboxylic acids is 1. The average Bonchev–Trinajstić information content (AvgIpc) is 2.82. The van der Waals surface area contributed by atoms with Crippen LogP contribution < -0.4 is 11.1 Å². The first kappa shape index (κ1) is 14.5. The number of amides is 1. The Morgan fingerprint density at radius 3 is 2.80 bits per heavy atom. The lowest BCUT2D eigenvalue weighted by atomic mass is 10.2. The Bertz CT molecular complexity index is 609. The number of H-pyrrole nitrogens is 1. The Labute approximate surface area is 122 Å². The van der Waals surface area contributed by atoms with Crippen molar-refractivity contribution in [2.24, 2.45) is 0 Å². The van der Waals surface area contributed by atoms with Gasteiger partial charge in [0.2, 0.25) is 0 Å². The normalized spacial score (nSPS) is 10.5.